The fourth-order valence-electron chi connectivity index (χ4n) is 5.31. The quantitative estimate of drug-likeness (QED) is 0.103. The number of benzene rings is 4. The molecule has 0 aliphatic rings. The van der Waals surface area contributed by atoms with Gasteiger partial charge in [-0.3, -0.25) is 14.4 Å². The molecule has 9 nitrogen and oxygen atoms in total. The van der Waals surface area contributed by atoms with Gasteiger partial charge >= 0.3 is 5.97 Å². The number of aliphatic carboxylic acids is 1. The fraction of sp³-hybridized carbons (Fsp3) is 0.147. The molecule has 12 heteroatoms. The highest BCUT2D eigenvalue weighted by Crippen LogP contribution is 2.36. The highest BCUT2D eigenvalue weighted by atomic mass is 35.5. The number of thiol groups is 1. The summed E-state index contributed by atoms with van der Waals surface area (Å²) in [5, 5.41) is 15.8. The van der Waals surface area contributed by atoms with E-state index in [0.717, 1.165) is 11.1 Å². The number of carboxylic acids is 1. The molecule has 4 aromatic carbocycles. The first-order valence-corrected chi connectivity index (χ1v) is 16.5. The number of aryl methyl sites for hydroxylation is 2. The van der Waals surface area contributed by atoms with Gasteiger partial charge in [-0.1, -0.05) is 42.8 Å². The van der Waals surface area contributed by atoms with E-state index in [1.54, 1.807) is 87.5 Å². The number of aromatic amines is 1. The lowest BCUT2D eigenvalue weighted by atomic mass is 9.90. The van der Waals surface area contributed by atoms with Crippen LogP contribution in [-0.4, -0.2) is 36.3 Å². The van der Waals surface area contributed by atoms with Gasteiger partial charge < -0.3 is 20.7 Å². The summed E-state index contributed by atoms with van der Waals surface area (Å²) in [7, 11) is -4.16. The zero-order chi connectivity index (χ0) is 33.4. The van der Waals surface area contributed by atoms with Crippen LogP contribution in [0.2, 0.25) is 5.02 Å². The molecular formula is C34H30ClN3O6S2. The molecule has 0 spiro atoms. The summed E-state index contributed by atoms with van der Waals surface area (Å²) in [5.74, 6) is -2.39. The van der Waals surface area contributed by atoms with E-state index in [2.05, 4.69) is 28.2 Å². The third-order valence-corrected chi connectivity index (χ3v) is 10.4. The molecule has 1 heterocycles. The van der Waals surface area contributed by atoms with Crippen molar-refractivity contribution in [1.82, 2.24) is 4.98 Å². The van der Waals surface area contributed by atoms with Gasteiger partial charge in [-0.15, -0.1) is 0 Å². The second-order valence-electron chi connectivity index (χ2n) is 10.9. The van der Waals surface area contributed by atoms with E-state index in [4.69, 9.17) is 11.6 Å². The first-order valence-electron chi connectivity index (χ1n) is 14.2. The van der Waals surface area contributed by atoms with Crippen molar-refractivity contribution in [3.05, 3.63) is 118 Å². The third-order valence-electron chi connectivity index (χ3n) is 7.60. The van der Waals surface area contributed by atoms with Gasteiger partial charge in [0.1, 0.15) is 15.3 Å². The number of carbonyl (C=O) groups excluding carboxylic acids is 2. The Labute approximate surface area is 276 Å². The molecule has 0 saturated carbocycles. The molecule has 2 amide bonds. The maximum absolute atomic E-state index is 14.0. The molecular weight excluding hydrogens is 646 g/mol. The Morgan fingerprint density at radius 2 is 1.46 bits per heavy atom. The Bertz CT molecular complexity index is 2110. The van der Waals surface area contributed by atoms with E-state index < -0.39 is 32.4 Å². The van der Waals surface area contributed by atoms with E-state index in [0.29, 0.717) is 21.9 Å². The Hall–Kier alpha value is -4.58. The molecule has 46 heavy (non-hydrogen) atoms. The number of H-pyrrole nitrogens is 1. The van der Waals surface area contributed by atoms with Gasteiger partial charge in [-0.2, -0.15) is 12.6 Å². The van der Waals surface area contributed by atoms with Crippen molar-refractivity contribution in [2.75, 3.05) is 10.6 Å². The summed E-state index contributed by atoms with van der Waals surface area (Å²) in [6.45, 7) is 5.27. The minimum absolute atomic E-state index is 0.0547. The van der Waals surface area contributed by atoms with E-state index in [9.17, 15) is 27.9 Å². The average molecular weight is 676 g/mol. The third kappa shape index (κ3) is 6.26. The predicted molar refractivity (Wildman–Crippen MR) is 182 cm³/mol. The molecule has 236 valence electrons. The minimum atomic E-state index is -4.16. The van der Waals surface area contributed by atoms with Gasteiger partial charge in [0.05, 0.1) is 4.90 Å². The van der Waals surface area contributed by atoms with Crippen molar-refractivity contribution in [2.24, 2.45) is 0 Å². The second kappa shape index (κ2) is 12.7. The lowest BCUT2D eigenvalue weighted by Crippen LogP contribution is -2.31. The molecule has 1 aromatic heterocycles. The average Bonchev–Trinajstić information content (AvgIpc) is 3.40. The van der Waals surface area contributed by atoms with E-state index in [1.165, 1.54) is 12.1 Å². The van der Waals surface area contributed by atoms with Crippen LogP contribution in [0.15, 0.2) is 94.7 Å². The van der Waals surface area contributed by atoms with E-state index in [1.807, 2.05) is 6.07 Å². The van der Waals surface area contributed by atoms with Crippen LogP contribution in [0, 0.1) is 13.8 Å². The monoisotopic (exact) mass is 675 g/mol. The number of hydrogen-bond acceptors (Lipinski definition) is 6. The van der Waals surface area contributed by atoms with Crippen molar-refractivity contribution in [3.63, 3.8) is 0 Å². The van der Waals surface area contributed by atoms with Crippen LogP contribution < -0.4 is 10.6 Å². The first kappa shape index (κ1) is 32.8. The summed E-state index contributed by atoms with van der Waals surface area (Å²) in [5.41, 5.74) is 2.93. The van der Waals surface area contributed by atoms with Gasteiger partial charge in [-0.05, 0) is 97.6 Å². The first-order chi connectivity index (χ1) is 21.7. The molecule has 0 bridgehead atoms. The normalized spacial score (nSPS) is 12.8. The summed E-state index contributed by atoms with van der Waals surface area (Å²) in [6, 6.07) is 22.2. The van der Waals surface area contributed by atoms with Crippen molar-refractivity contribution < 1.29 is 27.9 Å². The number of halogens is 1. The number of aromatic nitrogens is 1. The van der Waals surface area contributed by atoms with Crippen LogP contribution in [0.3, 0.4) is 0 Å². The molecule has 5 rings (SSSR count). The zero-order valence-electron chi connectivity index (χ0n) is 25.0. The Morgan fingerprint density at radius 3 is 2.04 bits per heavy atom. The Kier molecular flexibility index (Phi) is 9.03. The molecule has 1 unspecified atom stereocenters. The molecule has 0 aliphatic carbocycles. The van der Waals surface area contributed by atoms with Gasteiger partial charge in [0.2, 0.25) is 9.84 Å². The van der Waals surface area contributed by atoms with Crippen LogP contribution in [-0.2, 0) is 19.4 Å². The lowest BCUT2D eigenvalue weighted by Gasteiger charge is -2.25. The van der Waals surface area contributed by atoms with Gasteiger partial charge in [0.15, 0.2) is 0 Å². The number of anilines is 2. The maximum atomic E-state index is 14.0. The van der Waals surface area contributed by atoms with Crippen LogP contribution in [0.5, 0.6) is 0 Å². The number of fused-ring (bicyclic) bond motifs is 1. The number of nitrogens with one attached hydrogen (secondary N) is 3. The van der Waals surface area contributed by atoms with Gasteiger partial charge in [0, 0.05) is 32.9 Å². The topological polar surface area (TPSA) is 145 Å². The molecule has 1 atom stereocenters. The minimum Gasteiger partial charge on any atom is -0.480 e. The summed E-state index contributed by atoms with van der Waals surface area (Å²) < 4.78 is 26.4. The van der Waals surface area contributed by atoms with Crippen LogP contribution in [0.1, 0.15) is 50.9 Å². The molecule has 4 N–H and O–H groups in total. The SMILES string of the molecule is CCC(S)(C(=O)O)c1ccccc1C(=O)Nc1ccc(NC(=O)c2[nH]c3ccc(Cl)cc3c2S(=O)(=O)c2cc(C)cc(C)c2)cc1. The molecule has 0 saturated heterocycles. The fourth-order valence-corrected chi connectivity index (χ4v) is 7.47. The summed E-state index contributed by atoms with van der Waals surface area (Å²) in [4.78, 5) is 41.6. The summed E-state index contributed by atoms with van der Waals surface area (Å²) >= 11 is 10.6. The van der Waals surface area contributed by atoms with Crippen molar-refractivity contribution in [2.45, 2.75) is 41.7 Å². The smallest absolute Gasteiger partial charge is 0.324 e. The second-order valence-corrected chi connectivity index (χ2v) is 14.0. The predicted octanol–water partition coefficient (Wildman–Crippen LogP) is 7.40. The number of hydrogen-bond donors (Lipinski definition) is 5. The van der Waals surface area contributed by atoms with Crippen molar-refractivity contribution >= 4 is 74.1 Å². The van der Waals surface area contributed by atoms with Crippen molar-refractivity contribution in [3.8, 4) is 0 Å². The van der Waals surface area contributed by atoms with Crippen molar-refractivity contribution in [1.29, 1.82) is 0 Å². The van der Waals surface area contributed by atoms with Crippen LogP contribution in [0.25, 0.3) is 10.9 Å². The number of carbonyl (C=O) groups is 3. The largest absolute Gasteiger partial charge is 0.480 e. The molecule has 5 aromatic rings. The number of sulfone groups is 1. The highest BCUT2D eigenvalue weighted by molar-refractivity contribution is 7.91. The van der Waals surface area contributed by atoms with Crippen LogP contribution >= 0.6 is 24.2 Å². The van der Waals surface area contributed by atoms with E-state index in [-0.39, 0.29) is 38.4 Å². The van der Waals surface area contributed by atoms with Crippen LogP contribution in [0.4, 0.5) is 11.4 Å². The zero-order valence-corrected chi connectivity index (χ0v) is 27.5. The van der Waals surface area contributed by atoms with Gasteiger partial charge in [0.25, 0.3) is 11.8 Å². The highest BCUT2D eigenvalue weighted by Gasteiger charge is 2.37. The van der Waals surface area contributed by atoms with E-state index >= 15 is 0 Å². The number of rotatable bonds is 9. The maximum Gasteiger partial charge on any atom is 0.324 e. The van der Waals surface area contributed by atoms with Gasteiger partial charge in [-0.25, -0.2) is 8.42 Å². The molecule has 0 radical (unpaired) electrons. The number of amides is 2. The summed E-state index contributed by atoms with van der Waals surface area (Å²) in [6.07, 6.45) is 0.154. The standard InChI is InChI=1S/C34H30ClN3O6S2/c1-4-34(45,33(41)42)27-8-6-5-7-25(27)31(39)36-22-10-12-23(13-11-22)37-32(40)29-30(26-18-21(35)9-14-28(26)38-29)46(43,44)24-16-19(2)15-20(3)17-24/h5-18,38,45H,4H2,1-3H3,(H,36,39)(H,37,40)(H,41,42). The lowest BCUT2D eigenvalue weighted by molar-refractivity contribution is -0.140. The molecule has 0 aliphatic heterocycles. The molecule has 0 fully saturated rings. The number of carboxylic acid groups (broad SMARTS) is 1. The Morgan fingerprint density at radius 1 is 0.870 bits per heavy atom. The Balaban J connectivity index is 1.43.